The second-order valence-corrected chi connectivity index (χ2v) is 10.4. The van der Waals surface area contributed by atoms with Crippen molar-refractivity contribution in [3.63, 3.8) is 0 Å². The zero-order chi connectivity index (χ0) is 21.8. The van der Waals surface area contributed by atoms with E-state index in [1.165, 1.54) is 108 Å². The van der Waals surface area contributed by atoms with Gasteiger partial charge in [0.1, 0.15) is 5.82 Å². The van der Waals surface area contributed by atoms with E-state index < -0.39 is 0 Å². The predicted molar refractivity (Wildman–Crippen MR) is 132 cm³/mol. The molecule has 0 atom stereocenters. The summed E-state index contributed by atoms with van der Waals surface area (Å²) in [5.41, 5.74) is 2.30. The van der Waals surface area contributed by atoms with Gasteiger partial charge in [-0.05, 0) is 95.6 Å². The van der Waals surface area contributed by atoms with E-state index in [1.54, 1.807) is 0 Å². The minimum absolute atomic E-state index is 0.847. The molecule has 0 aromatic carbocycles. The topological polar surface area (TPSA) is 40.4 Å². The highest BCUT2D eigenvalue weighted by molar-refractivity contribution is 5.80. The number of hydrogen-bond donors (Lipinski definition) is 0. The van der Waals surface area contributed by atoms with E-state index in [4.69, 9.17) is 10.1 Å². The molecule has 2 aromatic rings. The summed E-state index contributed by atoms with van der Waals surface area (Å²) >= 11 is 0. The molecule has 32 heavy (non-hydrogen) atoms. The summed E-state index contributed by atoms with van der Waals surface area (Å²) in [7, 11) is 2.06. The summed E-state index contributed by atoms with van der Waals surface area (Å²) < 4.78 is 2.01. The first-order valence-electron chi connectivity index (χ1n) is 13.3. The molecule has 0 aliphatic carbocycles. The minimum Gasteiger partial charge on any atom is -0.357 e. The maximum atomic E-state index is 5.03. The highest BCUT2D eigenvalue weighted by atomic mass is 15.3. The number of rotatable bonds is 7. The number of piperidine rings is 1. The minimum atomic E-state index is 0.847. The number of aryl methyl sites for hydroxylation is 2. The van der Waals surface area contributed by atoms with Gasteiger partial charge in [0.25, 0.3) is 0 Å². The molecule has 0 spiro atoms. The quantitative estimate of drug-likeness (QED) is 0.651. The zero-order valence-electron chi connectivity index (χ0n) is 20.1. The van der Waals surface area contributed by atoms with E-state index >= 15 is 0 Å². The summed E-state index contributed by atoms with van der Waals surface area (Å²) in [5, 5.41) is 6.15. The van der Waals surface area contributed by atoms with Crippen LogP contribution in [0.25, 0.3) is 11.0 Å². The second kappa shape index (κ2) is 10.5. The highest BCUT2D eigenvalue weighted by Gasteiger charge is 2.22. The third-order valence-corrected chi connectivity index (χ3v) is 8.11. The van der Waals surface area contributed by atoms with Gasteiger partial charge in [-0.15, -0.1) is 0 Å². The van der Waals surface area contributed by atoms with Crippen LogP contribution in [0, 0.1) is 5.92 Å². The molecule has 0 unspecified atom stereocenters. The van der Waals surface area contributed by atoms with Crippen LogP contribution in [0.1, 0.15) is 63.5 Å². The molecule has 3 aliphatic rings. The fourth-order valence-corrected chi connectivity index (χ4v) is 5.98. The Hall–Kier alpha value is -1.66. The summed E-state index contributed by atoms with van der Waals surface area (Å²) in [4.78, 5) is 12.8. The molecule has 0 bridgehead atoms. The molecule has 3 aliphatic heterocycles. The fraction of sp³-hybridized carbons (Fsp3) is 0.769. The summed E-state index contributed by atoms with van der Waals surface area (Å²) in [6.45, 7) is 10.0. The summed E-state index contributed by atoms with van der Waals surface area (Å²) in [6.07, 6.45) is 13.1. The van der Waals surface area contributed by atoms with Crippen molar-refractivity contribution >= 4 is 16.9 Å². The third kappa shape index (κ3) is 5.28. The van der Waals surface area contributed by atoms with Crippen molar-refractivity contribution in [1.29, 1.82) is 0 Å². The van der Waals surface area contributed by atoms with Gasteiger partial charge in [-0.25, -0.2) is 4.98 Å². The monoisotopic (exact) mass is 438 g/mol. The van der Waals surface area contributed by atoms with Gasteiger partial charge in [0, 0.05) is 38.6 Å². The van der Waals surface area contributed by atoms with E-state index in [9.17, 15) is 0 Å². The van der Waals surface area contributed by atoms with Gasteiger partial charge in [-0.2, -0.15) is 5.10 Å². The molecule has 5 heterocycles. The van der Waals surface area contributed by atoms with Crippen molar-refractivity contribution in [3.8, 4) is 0 Å². The number of fused-ring (bicyclic) bond motifs is 1. The van der Waals surface area contributed by atoms with Gasteiger partial charge >= 0.3 is 0 Å². The van der Waals surface area contributed by atoms with Crippen LogP contribution in [0.15, 0.2) is 12.1 Å². The lowest BCUT2D eigenvalue weighted by Gasteiger charge is -2.33. The molecule has 6 heteroatoms. The normalized spacial score (nSPS) is 22.1. The lowest BCUT2D eigenvalue weighted by molar-refractivity contribution is 0.160. The van der Waals surface area contributed by atoms with Crippen LogP contribution in [0.2, 0.25) is 0 Å². The van der Waals surface area contributed by atoms with Crippen LogP contribution in [-0.4, -0.2) is 76.9 Å². The van der Waals surface area contributed by atoms with Crippen molar-refractivity contribution in [3.05, 3.63) is 17.8 Å². The first-order chi connectivity index (χ1) is 15.8. The predicted octanol–water partition coefficient (Wildman–Crippen LogP) is 4.09. The zero-order valence-corrected chi connectivity index (χ0v) is 20.1. The smallest absolute Gasteiger partial charge is 0.160 e. The number of likely N-dealkylation sites (tertiary alicyclic amines) is 2. The largest absolute Gasteiger partial charge is 0.357 e. The van der Waals surface area contributed by atoms with Gasteiger partial charge in [-0.1, -0.05) is 12.8 Å². The number of pyridine rings is 1. The number of hydrogen-bond acceptors (Lipinski definition) is 5. The van der Waals surface area contributed by atoms with Crippen molar-refractivity contribution in [2.75, 3.05) is 57.3 Å². The van der Waals surface area contributed by atoms with Crippen molar-refractivity contribution in [1.82, 2.24) is 24.6 Å². The first kappa shape index (κ1) is 22.1. The molecule has 0 radical (unpaired) electrons. The Morgan fingerprint density at radius 1 is 0.812 bits per heavy atom. The summed E-state index contributed by atoms with van der Waals surface area (Å²) in [5.74, 6) is 1.98. The van der Waals surface area contributed by atoms with Crippen LogP contribution < -0.4 is 4.90 Å². The summed E-state index contributed by atoms with van der Waals surface area (Å²) in [6, 6.07) is 4.52. The van der Waals surface area contributed by atoms with Crippen molar-refractivity contribution in [2.45, 2.75) is 64.2 Å². The Morgan fingerprint density at radius 3 is 2.19 bits per heavy atom. The van der Waals surface area contributed by atoms with E-state index in [0.29, 0.717) is 0 Å². The molecule has 3 fully saturated rings. The van der Waals surface area contributed by atoms with Gasteiger partial charge in [0.05, 0.1) is 5.69 Å². The van der Waals surface area contributed by atoms with Crippen molar-refractivity contribution in [2.24, 2.45) is 13.0 Å². The van der Waals surface area contributed by atoms with Crippen molar-refractivity contribution < 1.29 is 0 Å². The lowest BCUT2D eigenvalue weighted by atomic mass is 9.91. The maximum absolute atomic E-state index is 5.03. The molecule has 3 saturated heterocycles. The molecule has 6 nitrogen and oxygen atoms in total. The Kier molecular flexibility index (Phi) is 7.28. The molecule has 176 valence electrons. The highest BCUT2D eigenvalue weighted by Crippen LogP contribution is 2.27. The van der Waals surface area contributed by atoms with Gasteiger partial charge < -0.3 is 14.7 Å². The van der Waals surface area contributed by atoms with E-state index in [0.717, 1.165) is 36.9 Å². The fourth-order valence-electron chi connectivity index (χ4n) is 5.98. The Bertz CT molecular complexity index is 855. The van der Waals surface area contributed by atoms with Gasteiger partial charge in [0.15, 0.2) is 5.65 Å². The molecule has 5 rings (SSSR count). The van der Waals surface area contributed by atoms with Gasteiger partial charge in [-0.3, -0.25) is 4.68 Å². The number of anilines is 1. The average Bonchev–Trinajstić information content (AvgIpc) is 3.35. The molecular formula is C26H42N6. The molecular weight excluding hydrogens is 396 g/mol. The molecule has 0 N–H and O–H groups in total. The average molecular weight is 439 g/mol. The Morgan fingerprint density at radius 2 is 1.47 bits per heavy atom. The molecule has 0 amide bonds. The van der Waals surface area contributed by atoms with Crippen LogP contribution in [0.4, 0.5) is 5.82 Å². The third-order valence-electron chi connectivity index (χ3n) is 8.11. The SMILES string of the molecule is Cn1nc(CCC2CCN(CCN3CCCC3)CC2)c2ccc(N3CCCCCC3)nc21. The van der Waals surface area contributed by atoms with E-state index in [2.05, 4.69) is 33.9 Å². The van der Waals surface area contributed by atoms with Crippen LogP contribution >= 0.6 is 0 Å². The number of nitrogens with zero attached hydrogens (tertiary/aromatic N) is 6. The van der Waals surface area contributed by atoms with E-state index in [-0.39, 0.29) is 0 Å². The van der Waals surface area contributed by atoms with Crippen LogP contribution in [0.3, 0.4) is 0 Å². The van der Waals surface area contributed by atoms with E-state index in [1.807, 2.05) is 4.68 Å². The molecule has 2 aromatic heterocycles. The Labute approximate surface area is 194 Å². The second-order valence-electron chi connectivity index (χ2n) is 10.4. The standard InChI is InChI=1S/C26H42N6/c1-29-26-23(9-11-25(27-26)32-16-4-2-3-5-17-32)24(28-29)10-8-22-12-18-31(19-13-22)21-20-30-14-6-7-15-30/h9,11,22H,2-8,10,12-21H2,1H3. The van der Waals surface area contributed by atoms with Crippen LogP contribution in [0.5, 0.6) is 0 Å². The van der Waals surface area contributed by atoms with Gasteiger partial charge in [0.2, 0.25) is 0 Å². The molecule has 0 saturated carbocycles. The first-order valence-corrected chi connectivity index (χ1v) is 13.3. The maximum Gasteiger partial charge on any atom is 0.160 e. The number of aromatic nitrogens is 3. The van der Waals surface area contributed by atoms with Crippen LogP contribution in [-0.2, 0) is 13.5 Å². The lowest BCUT2D eigenvalue weighted by Crippen LogP contribution is -2.39. The Balaban J connectivity index is 1.13.